The third-order valence-corrected chi connectivity index (χ3v) is 3.48. The van der Waals surface area contributed by atoms with E-state index >= 15 is 0 Å². The monoisotopic (exact) mass is 380 g/mol. The molecular formula is C15H13BrN2O3S. The van der Waals surface area contributed by atoms with Crippen LogP contribution in [0.25, 0.3) is 0 Å². The summed E-state index contributed by atoms with van der Waals surface area (Å²) in [7, 11) is 1.48. The number of nitrogens with one attached hydrogen (secondary N) is 2. The van der Waals surface area contributed by atoms with E-state index in [1.165, 1.54) is 13.2 Å². The second-order valence-corrected chi connectivity index (χ2v) is 5.59. The lowest BCUT2D eigenvalue weighted by Gasteiger charge is -2.12. The summed E-state index contributed by atoms with van der Waals surface area (Å²) in [6.45, 7) is 0. The van der Waals surface area contributed by atoms with Gasteiger partial charge >= 0.3 is 0 Å². The quantitative estimate of drug-likeness (QED) is 0.562. The van der Waals surface area contributed by atoms with Gasteiger partial charge in [-0.25, -0.2) is 0 Å². The summed E-state index contributed by atoms with van der Waals surface area (Å²) >= 11 is 8.38. The van der Waals surface area contributed by atoms with Crippen LogP contribution in [-0.4, -0.2) is 23.2 Å². The van der Waals surface area contributed by atoms with Crippen LogP contribution in [-0.2, 0) is 0 Å². The van der Waals surface area contributed by atoms with Gasteiger partial charge < -0.3 is 15.2 Å². The van der Waals surface area contributed by atoms with E-state index in [9.17, 15) is 9.90 Å². The summed E-state index contributed by atoms with van der Waals surface area (Å²) in [5.41, 5.74) is 0.757. The molecule has 1 amide bonds. The molecule has 0 spiro atoms. The standard InChI is InChI=1S/C15H13BrN2O3S/c1-21-13-7-6-9(16)8-10(13)14(20)18-15(22)17-11-4-2-3-5-12(11)19/h2-8,19H,1H3,(H2,17,18,20,22). The first-order valence-corrected chi connectivity index (χ1v) is 7.45. The summed E-state index contributed by atoms with van der Waals surface area (Å²) in [5.74, 6) is 0.0660. The molecule has 2 rings (SSSR count). The Bertz CT molecular complexity index is 722. The smallest absolute Gasteiger partial charge is 0.261 e. The molecule has 0 unspecified atom stereocenters. The number of methoxy groups -OCH3 is 1. The fourth-order valence-corrected chi connectivity index (χ4v) is 2.32. The average molecular weight is 381 g/mol. The van der Waals surface area contributed by atoms with Crippen LogP contribution in [0.5, 0.6) is 11.5 Å². The molecule has 7 heteroatoms. The number of aromatic hydroxyl groups is 1. The lowest BCUT2D eigenvalue weighted by molar-refractivity contribution is 0.0974. The number of hydrogen-bond acceptors (Lipinski definition) is 4. The van der Waals surface area contributed by atoms with Crippen molar-refractivity contribution in [3.05, 3.63) is 52.5 Å². The van der Waals surface area contributed by atoms with Gasteiger partial charge in [-0.2, -0.15) is 0 Å². The van der Waals surface area contributed by atoms with Gasteiger partial charge in [0, 0.05) is 4.47 Å². The highest BCUT2D eigenvalue weighted by molar-refractivity contribution is 9.10. The van der Waals surface area contributed by atoms with Crippen LogP contribution in [0, 0.1) is 0 Å². The minimum Gasteiger partial charge on any atom is -0.506 e. The number of rotatable bonds is 3. The molecule has 0 aliphatic rings. The van der Waals surface area contributed by atoms with Gasteiger partial charge in [0.25, 0.3) is 5.91 Å². The molecule has 0 saturated heterocycles. The maximum atomic E-state index is 12.3. The van der Waals surface area contributed by atoms with Crippen LogP contribution in [0.1, 0.15) is 10.4 Å². The van der Waals surface area contributed by atoms with Gasteiger partial charge in [0.2, 0.25) is 0 Å². The van der Waals surface area contributed by atoms with Crippen molar-refractivity contribution in [3.8, 4) is 11.5 Å². The van der Waals surface area contributed by atoms with E-state index in [1.807, 2.05) is 0 Å². The van der Waals surface area contributed by atoms with Gasteiger partial charge in [0.1, 0.15) is 11.5 Å². The predicted octanol–water partition coefficient (Wildman–Crippen LogP) is 3.29. The molecule has 114 valence electrons. The summed E-state index contributed by atoms with van der Waals surface area (Å²) in [4.78, 5) is 12.3. The van der Waals surface area contributed by atoms with Crippen molar-refractivity contribution in [2.24, 2.45) is 0 Å². The minimum atomic E-state index is -0.411. The van der Waals surface area contributed by atoms with Crippen molar-refractivity contribution in [3.63, 3.8) is 0 Å². The maximum Gasteiger partial charge on any atom is 0.261 e. The van der Waals surface area contributed by atoms with Crippen molar-refractivity contribution in [2.45, 2.75) is 0 Å². The number of para-hydroxylation sites is 2. The number of carbonyl (C=O) groups is 1. The van der Waals surface area contributed by atoms with Gasteiger partial charge in [0.15, 0.2) is 5.11 Å². The second-order valence-electron chi connectivity index (χ2n) is 4.27. The molecule has 0 bridgehead atoms. The van der Waals surface area contributed by atoms with E-state index in [0.717, 1.165) is 4.47 Å². The molecular weight excluding hydrogens is 368 g/mol. The van der Waals surface area contributed by atoms with Crippen LogP contribution in [0.3, 0.4) is 0 Å². The third-order valence-electron chi connectivity index (χ3n) is 2.79. The van der Waals surface area contributed by atoms with Crippen molar-refractivity contribution in [1.82, 2.24) is 5.32 Å². The van der Waals surface area contributed by atoms with Crippen molar-refractivity contribution in [1.29, 1.82) is 0 Å². The molecule has 0 aromatic heterocycles. The Morgan fingerprint density at radius 2 is 2.00 bits per heavy atom. The van der Waals surface area contributed by atoms with Crippen LogP contribution < -0.4 is 15.4 Å². The Hall–Kier alpha value is -2.12. The van der Waals surface area contributed by atoms with Gasteiger partial charge in [0.05, 0.1) is 18.4 Å². The fourth-order valence-electron chi connectivity index (χ4n) is 1.76. The number of amides is 1. The molecule has 0 aliphatic carbocycles. The Kier molecular flexibility index (Phi) is 5.35. The molecule has 0 saturated carbocycles. The van der Waals surface area contributed by atoms with Crippen LogP contribution in [0.2, 0.25) is 0 Å². The van der Waals surface area contributed by atoms with Gasteiger partial charge in [-0.1, -0.05) is 28.1 Å². The average Bonchev–Trinajstić information content (AvgIpc) is 2.49. The first-order valence-electron chi connectivity index (χ1n) is 6.25. The van der Waals surface area contributed by atoms with E-state index in [-0.39, 0.29) is 10.9 Å². The number of ether oxygens (including phenoxy) is 1. The minimum absolute atomic E-state index is 0.0409. The SMILES string of the molecule is COc1ccc(Br)cc1C(=O)NC(=S)Nc1ccccc1O. The number of anilines is 1. The summed E-state index contributed by atoms with van der Waals surface area (Å²) < 4.78 is 5.90. The summed E-state index contributed by atoms with van der Waals surface area (Å²) in [6, 6.07) is 11.7. The molecule has 5 nitrogen and oxygen atoms in total. The van der Waals surface area contributed by atoms with Gasteiger partial charge in [-0.3, -0.25) is 10.1 Å². The zero-order valence-electron chi connectivity index (χ0n) is 11.6. The predicted molar refractivity (Wildman–Crippen MR) is 92.5 cm³/mol. The van der Waals surface area contributed by atoms with E-state index in [4.69, 9.17) is 17.0 Å². The molecule has 0 fully saturated rings. The number of hydrogen-bond donors (Lipinski definition) is 3. The molecule has 0 atom stereocenters. The number of benzene rings is 2. The number of phenols is 1. The Labute approximate surface area is 141 Å². The normalized spacial score (nSPS) is 9.91. The number of phenolic OH excluding ortho intramolecular Hbond substituents is 1. The first kappa shape index (κ1) is 16.3. The number of carbonyl (C=O) groups excluding carboxylic acids is 1. The summed E-state index contributed by atoms with van der Waals surface area (Å²) in [6.07, 6.45) is 0. The fraction of sp³-hybridized carbons (Fsp3) is 0.0667. The van der Waals surface area contributed by atoms with Crippen molar-refractivity contribution < 1.29 is 14.6 Å². The van der Waals surface area contributed by atoms with Crippen LogP contribution >= 0.6 is 28.1 Å². The highest BCUT2D eigenvalue weighted by Crippen LogP contribution is 2.23. The van der Waals surface area contributed by atoms with Gasteiger partial charge in [-0.15, -0.1) is 0 Å². The second kappa shape index (κ2) is 7.24. The Balaban J connectivity index is 2.10. The molecule has 0 heterocycles. The zero-order valence-corrected chi connectivity index (χ0v) is 14.0. The Morgan fingerprint density at radius 1 is 1.27 bits per heavy atom. The van der Waals surface area contributed by atoms with Crippen molar-refractivity contribution in [2.75, 3.05) is 12.4 Å². The van der Waals surface area contributed by atoms with E-state index in [2.05, 4.69) is 26.6 Å². The van der Waals surface area contributed by atoms with Gasteiger partial charge in [-0.05, 0) is 42.5 Å². The number of halogens is 1. The first-order chi connectivity index (χ1) is 10.5. The largest absolute Gasteiger partial charge is 0.506 e. The van der Waals surface area contributed by atoms with Crippen LogP contribution in [0.4, 0.5) is 5.69 Å². The highest BCUT2D eigenvalue weighted by atomic mass is 79.9. The topological polar surface area (TPSA) is 70.6 Å². The molecule has 22 heavy (non-hydrogen) atoms. The molecule has 0 aliphatic heterocycles. The highest BCUT2D eigenvalue weighted by Gasteiger charge is 2.14. The molecule has 2 aromatic carbocycles. The molecule has 2 aromatic rings. The van der Waals surface area contributed by atoms with E-state index in [0.29, 0.717) is 17.0 Å². The Morgan fingerprint density at radius 3 is 2.68 bits per heavy atom. The lowest BCUT2D eigenvalue weighted by Crippen LogP contribution is -2.34. The summed E-state index contributed by atoms with van der Waals surface area (Å²) in [5, 5.41) is 15.0. The van der Waals surface area contributed by atoms with E-state index in [1.54, 1.807) is 36.4 Å². The van der Waals surface area contributed by atoms with Crippen molar-refractivity contribution >= 4 is 44.9 Å². The van der Waals surface area contributed by atoms with E-state index < -0.39 is 5.91 Å². The third kappa shape index (κ3) is 3.96. The number of thiocarbonyl (C=S) groups is 1. The zero-order chi connectivity index (χ0) is 16.1. The maximum absolute atomic E-state index is 12.3. The van der Waals surface area contributed by atoms with Crippen LogP contribution in [0.15, 0.2) is 46.9 Å². The molecule has 3 N–H and O–H groups in total. The molecule has 0 radical (unpaired) electrons. The lowest BCUT2D eigenvalue weighted by atomic mass is 10.2.